The van der Waals surface area contributed by atoms with Gasteiger partial charge in [0.05, 0.1) is 11.0 Å². The van der Waals surface area contributed by atoms with E-state index in [9.17, 15) is 4.79 Å². The Kier molecular flexibility index (Phi) is 10.9. The third-order valence-corrected chi connectivity index (χ3v) is 6.27. The molecule has 0 fully saturated rings. The van der Waals surface area contributed by atoms with Crippen molar-refractivity contribution in [3.63, 3.8) is 0 Å². The fourth-order valence-electron chi connectivity index (χ4n) is 4.38. The second-order valence-electron chi connectivity index (χ2n) is 8.95. The molecule has 1 aromatic carbocycles. The average molecular weight is 449 g/mol. The number of carbonyl (C=O) groups excluding carboxylic acids is 1. The number of nitrogens with one attached hydrogen (secondary N) is 1. The van der Waals surface area contributed by atoms with Gasteiger partial charge >= 0.3 is 0 Å². The zero-order valence-electron chi connectivity index (χ0n) is 20.3. The Morgan fingerprint density at radius 1 is 0.848 bits per heavy atom. The highest BCUT2D eigenvalue weighted by molar-refractivity contribution is 5.93. The van der Waals surface area contributed by atoms with Crippen LogP contribution in [-0.4, -0.2) is 27.0 Å². The summed E-state index contributed by atoms with van der Waals surface area (Å²) in [6.45, 7) is 3.94. The summed E-state index contributed by atoms with van der Waals surface area (Å²) in [6, 6.07) is 11.9. The van der Waals surface area contributed by atoms with Crippen molar-refractivity contribution in [3.8, 4) is 0 Å². The molecule has 0 bridgehead atoms. The lowest BCUT2D eigenvalue weighted by molar-refractivity contribution is 0.0953. The van der Waals surface area contributed by atoms with E-state index in [2.05, 4.69) is 46.1 Å². The molecule has 0 spiro atoms. The number of benzene rings is 1. The van der Waals surface area contributed by atoms with Crippen LogP contribution in [0.4, 0.5) is 0 Å². The molecule has 1 amide bonds. The molecule has 3 rings (SSSR count). The standard InChI is InChI=1S/C28H40N4O/c1-2-3-4-5-6-7-8-9-10-13-23-32-26-16-12-11-15-25(26)31-27(32)17-14-20-30-28(33)24-18-21-29-22-19-24/h11-12,15-16,18-19,21-22H,2-10,13-14,17,20,23H2,1H3,(H,30,33). The van der Waals surface area contributed by atoms with Crippen LogP contribution >= 0.6 is 0 Å². The van der Waals surface area contributed by atoms with Crippen LogP contribution in [0.3, 0.4) is 0 Å². The van der Waals surface area contributed by atoms with Gasteiger partial charge in [-0.05, 0) is 37.1 Å². The maximum atomic E-state index is 12.2. The Morgan fingerprint density at radius 3 is 2.24 bits per heavy atom. The fourth-order valence-corrected chi connectivity index (χ4v) is 4.38. The SMILES string of the molecule is CCCCCCCCCCCCn1c(CCCNC(=O)c2ccncc2)nc2ccccc21. The van der Waals surface area contributed by atoms with Gasteiger partial charge in [-0.2, -0.15) is 0 Å². The molecule has 0 saturated carbocycles. The molecule has 0 saturated heterocycles. The zero-order chi connectivity index (χ0) is 23.1. The number of para-hydroxylation sites is 2. The normalized spacial score (nSPS) is 11.2. The van der Waals surface area contributed by atoms with Crippen molar-refractivity contribution in [2.75, 3.05) is 6.54 Å². The van der Waals surface area contributed by atoms with Crippen molar-refractivity contribution in [2.45, 2.75) is 90.5 Å². The van der Waals surface area contributed by atoms with E-state index in [-0.39, 0.29) is 5.91 Å². The second-order valence-corrected chi connectivity index (χ2v) is 8.95. The summed E-state index contributed by atoms with van der Waals surface area (Å²) >= 11 is 0. The molecular weight excluding hydrogens is 408 g/mol. The van der Waals surface area contributed by atoms with E-state index in [1.54, 1.807) is 24.5 Å². The highest BCUT2D eigenvalue weighted by atomic mass is 16.1. The lowest BCUT2D eigenvalue weighted by Crippen LogP contribution is -2.25. The molecular formula is C28H40N4O. The largest absolute Gasteiger partial charge is 0.352 e. The Labute approximate surface area is 199 Å². The summed E-state index contributed by atoms with van der Waals surface area (Å²) in [5, 5.41) is 3.01. The number of fused-ring (bicyclic) bond motifs is 1. The molecule has 1 N–H and O–H groups in total. The van der Waals surface area contributed by atoms with Gasteiger partial charge in [0.25, 0.3) is 5.91 Å². The van der Waals surface area contributed by atoms with Gasteiger partial charge in [-0.25, -0.2) is 4.98 Å². The third kappa shape index (κ3) is 8.30. The molecule has 33 heavy (non-hydrogen) atoms. The maximum Gasteiger partial charge on any atom is 0.251 e. The van der Waals surface area contributed by atoms with Crippen LogP contribution in [0.25, 0.3) is 11.0 Å². The molecule has 178 valence electrons. The number of carbonyl (C=O) groups is 1. The van der Waals surface area contributed by atoms with Crippen LogP contribution in [0.1, 0.15) is 93.7 Å². The van der Waals surface area contributed by atoms with Gasteiger partial charge in [0.2, 0.25) is 0 Å². The molecule has 0 radical (unpaired) electrons. The number of nitrogens with zero attached hydrogens (tertiary/aromatic N) is 3. The summed E-state index contributed by atoms with van der Waals surface area (Å²) in [6.07, 6.45) is 18.5. The van der Waals surface area contributed by atoms with Gasteiger partial charge in [-0.1, -0.05) is 76.8 Å². The van der Waals surface area contributed by atoms with Crippen molar-refractivity contribution < 1.29 is 4.79 Å². The predicted molar refractivity (Wildman–Crippen MR) is 136 cm³/mol. The summed E-state index contributed by atoms with van der Waals surface area (Å²) in [4.78, 5) is 21.1. The second kappa shape index (κ2) is 14.5. The van der Waals surface area contributed by atoms with E-state index in [1.807, 2.05) is 0 Å². The molecule has 0 aliphatic heterocycles. The number of aromatic nitrogens is 3. The van der Waals surface area contributed by atoms with Crippen molar-refractivity contribution in [1.29, 1.82) is 0 Å². The molecule has 0 aliphatic rings. The van der Waals surface area contributed by atoms with Gasteiger partial charge in [0.1, 0.15) is 5.82 Å². The molecule has 2 heterocycles. The fraction of sp³-hybridized carbons (Fsp3) is 0.536. The number of hydrogen-bond donors (Lipinski definition) is 1. The van der Waals surface area contributed by atoms with E-state index in [0.717, 1.165) is 30.7 Å². The zero-order valence-corrected chi connectivity index (χ0v) is 20.3. The minimum atomic E-state index is -0.0451. The average Bonchev–Trinajstić information content (AvgIpc) is 3.20. The minimum Gasteiger partial charge on any atom is -0.352 e. The number of amides is 1. The maximum absolute atomic E-state index is 12.2. The number of imidazole rings is 1. The van der Waals surface area contributed by atoms with Crippen LogP contribution in [0.2, 0.25) is 0 Å². The number of rotatable bonds is 16. The van der Waals surface area contributed by atoms with Crippen molar-refractivity contribution in [2.24, 2.45) is 0 Å². The minimum absolute atomic E-state index is 0.0451. The van der Waals surface area contributed by atoms with Gasteiger partial charge in [0, 0.05) is 37.5 Å². The van der Waals surface area contributed by atoms with Crippen LogP contribution < -0.4 is 5.32 Å². The van der Waals surface area contributed by atoms with Gasteiger partial charge in [-0.3, -0.25) is 9.78 Å². The van der Waals surface area contributed by atoms with E-state index < -0.39 is 0 Å². The Bertz CT molecular complexity index is 951. The van der Waals surface area contributed by atoms with Gasteiger partial charge < -0.3 is 9.88 Å². The highest BCUT2D eigenvalue weighted by Gasteiger charge is 2.10. The van der Waals surface area contributed by atoms with E-state index in [1.165, 1.54) is 69.7 Å². The van der Waals surface area contributed by atoms with Crippen molar-refractivity contribution >= 4 is 16.9 Å². The number of aryl methyl sites for hydroxylation is 2. The van der Waals surface area contributed by atoms with Gasteiger partial charge in [-0.15, -0.1) is 0 Å². The monoisotopic (exact) mass is 448 g/mol. The number of unbranched alkanes of at least 4 members (excludes halogenated alkanes) is 9. The topological polar surface area (TPSA) is 59.8 Å². The van der Waals surface area contributed by atoms with Crippen LogP contribution in [0, 0.1) is 0 Å². The molecule has 0 aliphatic carbocycles. The van der Waals surface area contributed by atoms with Crippen LogP contribution in [0.5, 0.6) is 0 Å². The first-order chi connectivity index (χ1) is 16.3. The molecule has 2 aromatic heterocycles. The first-order valence-electron chi connectivity index (χ1n) is 12.9. The first-order valence-corrected chi connectivity index (χ1v) is 12.9. The lowest BCUT2D eigenvalue weighted by atomic mass is 10.1. The van der Waals surface area contributed by atoms with Gasteiger partial charge in [0.15, 0.2) is 0 Å². The Hall–Kier alpha value is -2.69. The summed E-state index contributed by atoms with van der Waals surface area (Å²) < 4.78 is 2.39. The van der Waals surface area contributed by atoms with Crippen LogP contribution in [-0.2, 0) is 13.0 Å². The summed E-state index contributed by atoms with van der Waals surface area (Å²) in [7, 11) is 0. The van der Waals surface area contributed by atoms with E-state index in [4.69, 9.17) is 4.98 Å². The van der Waals surface area contributed by atoms with Crippen molar-refractivity contribution in [1.82, 2.24) is 19.9 Å². The smallest absolute Gasteiger partial charge is 0.251 e. The number of hydrogen-bond acceptors (Lipinski definition) is 3. The third-order valence-electron chi connectivity index (χ3n) is 6.27. The van der Waals surface area contributed by atoms with E-state index in [0.29, 0.717) is 12.1 Å². The molecule has 3 aromatic rings. The number of pyridine rings is 1. The lowest BCUT2D eigenvalue weighted by Gasteiger charge is -2.10. The molecule has 5 heteroatoms. The first kappa shape index (κ1) is 24.9. The Morgan fingerprint density at radius 2 is 1.52 bits per heavy atom. The van der Waals surface area contributed by atoms with Crippen LogP contribution in [0.15, 0.2) is 48.8 Å². The van der Waals surface area contributed by atoms with E-state index >= 15 is 0 Å². The molecule has 5 nitrogen and oxygen atoms in total. The van der Waals surface area contributed by atoms with Crippen molar-refractivity contribution in [3.05, 3.63) is 60.2 Å². The quantitative estimate of drug-likeness (QED) is 0.248. The summed E-state index contributed by atoms with van der Waals surface area (Å²) in [5.74, 6) is 1.08. The predicted octanol–water partition coefficient (Wildman–Crippen LogP) is 6.71. The molecule has 0 atom stereocenters. The highest BCUT2D eigenvalue weighted by Crippen LogP contribution is 2.19. The molecule has 0 unspecified atom stereocenters. The Balaban J connectivity index is 1.42. The summed E-state index contributed by atoms with van der Waals surface area (Å²) in [5.41, 5.74) is 2.95.